The van der Waals surface area contributed by atoms with Gasteiger partial charge in [-0.05, 0) is 95.7 Å². The summed E-state index contributed by atoms with van der Waals surface area (Å²) in [6.45, 7) is 24.3. The van der Waals surface area contributed by atoms with Crippen molar-refractivity contribution in [1.82, 2.24) is 4.90 Å². The number of piperidine rings is 1. The Morgan fingerprint density at radius 3 is 2.17 bits per heavy atom. The first-order valence-electron chi connectivity index (χ1n) is 16.0. The van der Waals surface area contributed by atoms with Gasteiger partial charge in [0.15, 0.2) is 5.78 Å². The van der Waals surface area contributed by atoms with Crippen molar-refractivity contribution in [3.8, 4) is 0 Å². The van der Waals surface area contributed by atoms with E-state index in [1.165, 1.54) is 6.08 Å². The lowest BCUT2D eigenvalue weighted by Gasteiger charge is -2.54. The van der Waals surface area contributed by atoms with Crippen LogP contribution in [-0.2, 0) is 25.5 Å². The Morgan fingerprint density at radius 1 is 1.07 bits per heavy atom. The van der Waals surface area contributed by atoms with E-state index in [2.05, 4.69) is 72.2 Å². The van der Waals surface area contributed by atoms with Gasteiger partial charge in [-0.1, -0.05) is 72.1 Å². The second-order valence-electron chi connectivity index (χ2n) is 13.9. The maximum atomic E-state index is 12.8. The molecule has 46 heavy (non-hydrogen) atoms. The zero-order valence-corrected chi connectivity index (χ0v) is 29.3. The Hall–Kier alpha value is -3.64. The number of methoxy groups -OCH3 is 1. The van der Waals surface area contributed by atoms with Gasteiger partial charge in [-0.15, -0.1) is 0 Å². The Bertz CT molecular complexity index is 1310. The fourth-order valence-corrected chi connectivity index (χ4v) is 6.21. The molecule has 1 aromatic rings. The van der Waals surface area contributed by atoms with Crippen LogP contribution >= 0.6 is 0 Å². The molecule has 6 heteroatoms. The van der Waals surface area contributed by atoms with Gasteiger partial charge in [0.25, 0.3) is 5.91 Å². The van der Waals surface area contributed by atoms with Crippen LogP contribution in [0.1, 0.15) is 96.0 Å². The predicted molar refractivity (Wildman–Crippen MR) is 197 cm³/mol. The van der Waals surface area contributed by atoms with E-state index in [1.807, 2.05) is 73.7 Å². The molecule has 1 amide bonds. The molecule has 256 valence electrons. The molecule has 1 N–H and O–H groups in total. The van der Waals surface area contributed by atoms with E-state index in [0.717, 1.165) is 36.5 Å². The lowest BCUT2D eigenvalue weighted by atomic mass is 9.78. The van der Waals surface area contributed by atoms with Crippen molar-refractivity contribution in [3.05, 3.63) is 102 Å². The number of carbonyl (C=O) groups is 2. The van der Waals surface area contributed by atoms with Gasteiger partial charge in [-0.2, -0.15) is 0 Å². The first-order valence-corrected chi connectivity index (χ1v) is 16.0. The number of hydrogen-bond acceptors (Lipinski definition) is 5. The molecule has 1 fully saturated rings. The summed E-state index contributed by atoms with van der Waals surface area (Å²) in [5.74, 6) is 1.63. The van der Waals surface area contributed by atoms with Gasteiger partial charge in [0.2, 0.25) is 0 Å². The van der Waals surface area contributed by atoms with Crippen LogP contribution in [-0.4, -0.2) is 47.4 Å². The second-order valence-corrected chi connectivity index (χ2v) is 13.9. The molecule has 0 bridgehead atoms. The van der Waals surface area contributed by atoms with Crippen LogP contribution in [0.4, 0.5) is 5.69 Å². The molecule has 1 aliphatic heterocycles. The molecule has 1 saturated heterocycles. The highest BCUT2D eigenvalue weighted by Gasteiger charge is 2.45. The average molecular weight is 635 g/mol. The summed E-state index contributed by atoms with van der Waals surface area (Å²) in [7, 11) is 1.71. The third-order valence-electron chi connectivity index (χ3n) is 8.10. The van der Waals surface area contributed by atoms with E-state index >= 15 is 0 Å². The number of carbonyl (C=O) groups excluding carboxylic acids is 2. The van der Waals surface area contributed by atoms with E-state index in [0.29, 0.717) is 24.1 Å². The van der Waals surface area contributed by atoms with Crippen molar-refractivity contribution in [1.29, 1.82) is 0 Å². The van der Waals surface area contributed by atoms with Crippen molar-refractivity contribution in [2.45, 2.75) is 113 Å². The number of amides is 1. The van der Waals surface area contributed by atoms with Gasteiger partial charge in [-0.3, -0.25) is 14.5 Å². The van der Waals surface area contributed by atoms with Gasteiger partial charge < -0.3 is 14.8 Å². The minimum atomic E-state index is -0.167. The molecule has 1 heterocycles. The fraction of sp³-hybridized carbons (Fsp3) is 0.500. The summed E-state index contributed by atoms with van der Waals surface area (Å²) in [5.41, 5.74) is 2.41. The first-order chi connectivity index (χ1) is 21.1. The maximum Gasteiger partial charge on any atom is 0.255 e. The van der Waals surface area contributed by atoms with Crippen molar-refractivity contribution >= 4 is 17.4 Å². The van der Waals surface area contributed by atoms with Crippen LogP contribution < -0.4 is 5.32 Å². The molecule has 0 aromatic heterocycles. The highest BCUT2D eigenvalue weighted by Crippen LogP contribution is 2.40. The van der Waals surface area contributed by atoms with Crippen molar-refractivity contribution in [2.24, 2.45) is 5.41 Å². The van der Waals surface area contributed by atoms with Gasteiger partial charge in [-0.25, -0.2) is 0 Å². The molecule has 1 aliphatic carbocycles. The smallest absolute Gasteiger partial charge is 0.255 e. The van der Waals surface area contributed by atoms with Crippen molar-refractivity contribution in [3.63, 3.8) is 0 Å². The molecule has 3 rings (SSSR count). The second kappa shape index (κ2) is 17.9. The van der Waals surface area contributed by atoms with Crippen LogP contribution in [0.5, 0.6) is 0 Å². The summed E-state index contributed by atoms with van der Waals surface area (Å²) in [6, 6.07) is 7.30. The molecular weight excluding hydrogens is 572 g/mol. The van der Waals surface area contributed by atoms with Crippen molar-refractivity contribution in [2.75, 3.05) is 19.0 Å². The summed E-state index contributed by atoms with van der Waals surface area (Å²) in [5, 5.41) is 2.93. The normalized spacial score (nSPS) is 18.2. The number of rotatable bonds is 10. The van der Waals surface area contributed by atoms with Crippen LogP contribution in [0.25, 0.3) is 0 Å². The lowest BCUT2D eigenvalue weighted by Crippen LogP contribution is -2.61. The molecule has 0 atom stereocenters. The molecule has 0 unspecified atom stereocenters. The van der Waals surface area contributed by atoms with Gasteiger partial charge in [0.1, 0.15) is 17.6 Å². The Kier molecular flexibility index (Phi) is 15.7. The number of allylic oxidation sites excluding steroid dienone is 8. The van der Waals surface area contributed by atoms with Crippen LogP contribution in [0.2, 0.25) is 0 Å². The average Bonchev–Trinajstić information content (AvgIpc) is 3.18. The van der Waals surface area contributed by atoms with E-state index in [-0.39, 0.29) is 43.1 Å². The van der Waals surface area contributed by atoms with Gasteiger partial charge in [0.05, 0.1) is 7.11 Å². The quantitative estimate of drug-likeness (QED) is 0.158. The third kappa shape index (κ3) is 12.3. The summed E-state index contributed by atoms with van der Waals surface area (Å²) in [6.07, 6.45) is 18.0. The number of benzene rings is 1. The highest BCUT2D eigenvalue weighted by molar-refractivity contribution is 6.05. The molecule has 6 nitrogen and oxygen atoms in total. The molecule has 2 aliphatic rings. The monoisotopic (exact) mass is 634 g/mol. The minimum Gasteiger partial charge on any atom is -0.501 e. The highest BCUT2D eigenvalue weighted by atomic mass is 16.5. The number of ether oxygens (including phenoxy) is 2. The minimum absolute atomic E-state index is 0. The zero-order chi connectivity index (χ0) is 33.8. The molecule has 1 aromatic carbocycles. The third-order valence-corrected chi connectivity index (χ3v) is 8.10. The maximum absolute atomic E-state index is 12.8. The number of hydrogen-bond donors (Lipinski definition) is 1. The number of likely N-dealkylation sites (tertiary alicyclic amines) is 1. The van der Waals surface area contributed by atoms with E-state index in [1.54, 1.807) is 7.11 Å². The standard InChI is InChI=1S/C29H38N2O3.C10H18O.CH4.H2/c1-7-24(32)18-21-12-15-23(16-13-21)30-27(33)22-10-9-11-25(17-14-22)34-26-19-28(3,4)31(8-2)29(5,6)20-26;1-6-7-8-9(11-5)10(2,3)4;;/h7,10-17,26H,1,8-9,18-20H2,2-6H3,(H,30,33);6-8H,1-5H3;1H4;1H/b;7-6-,9-8-;;. The first kappa shape index (κ1) is 40.4. The number of nitrogens with one attached hydrogen (secondary N) is 1. The van der Waals surface area contributed by atoms with E-state index < -0.39 is 0 Å². The summed E-state index contributed by atoms with van der Waals surface area (Å²) >= 11 is 0. The fourth-order valence-electron chi connectivity index (χ4n) is 6.21. The van der Waals surface area contributed by atoms with Gasteiger partial charge >= 0.3 is 0 Å². The van der Waals surface area contributed by atoms with E-state index in [4.69, 9.17) is 9.47 Å². The molecular formula is C40H62N2O4. The number of ketones is 1. The topological polar surface area (TPSA) is 67.9 Å². The van der Waals surface area contributed by atoms with Crippen LogP contribution in [0, 0.1) is 5.41 Å². The summed E-state index contributed by atoms with van der Waals surface area (Å²) < 4.78 is 11.7. The predicted octanol–water partition coefficient (Wildman–Crippen LogP) is 9.77. The lowest BCUT2D eigenvalue weighted by molar-refractivity contribution is -0.114. The number of nitrogens with zero attached hydrogens (tertiary/aromatic N) is 1. The summed E-state index contributed by atoms with van der Waals surface area (Å²) in [4.78, 5) is 26.9. The molecule has 0 radical (unpaired) electrons. The number of anilines is 1. The Labute approximate surface area is 281 Å². The van der Waals surface area contributed by atoms with Crippen molar-refractivity contribution < 1.29 is 20.5 Å². The van der Waals surface area contributed by atoms with Crippen LogP contribution in [0.3, 0.4) is 0 Å². The van der Waals surface area contributed by atoms with E-state index in [9.17, 15) is 9.59 Å². The Morgan fingerprint density at radius 2 is 1.67 bits per heavy atom. The molecule has 0 saturated carbocycles. The molecule has 0 spiro atoms. The largest absolute Gasteiger partial charge is 0.501 e. The SMILES string of the molecule is C.C/C=C\C=C(/OC)C(C)(C)C.C=CC(=O)Cc1ccc(NC(=O)C2=CCC=C(OC3CC(C)(C)N(CC)C(C)(C)C3)C=C2)cc1.[HH]. The zero-order valence-electron chi connectivity index (χ0n) is 29.3. The Balaban J connectivity index is 0.00000140. The van der Waals surface area contributed by atoms with Gasteiger partial charge in [0, 0.05) is 48.4 Å². The van der Waals surface area contributed by atoms with Crippen LogP contribution in [0.15, 0.2) is 96.5 Å².